The van der Waals surface area contributed by atoms with Gasteiger partial charge >= 0.3 is 0 Å². The molecule has 0 atom stereocenters. The van der Waals surface area contributed by atoms with Gasteiger partial charge in [0.2, 0.25) is 5.91 Å². The third-order valence-electron chi connectivity index (χ3n) is 2.78. The summed E-state index contributed by atoms with van der Waals surface area (Å²) in [4.78, 5) is 15.9. The number of amides is 1. The smallest absolute Gasteiger partial charge is 0.230 e. The minimum Gasteiger partial charge on any atom is -0.310 e. The van der Waals surface area contributed by atoms with Crippen LogP contribution in [0.1, 0.15) is 20.8 Å². The highest BCUT2D eigenvalue weighted by Gasteiger charge is 2.22. The van der Waals surface area contributed by atoms with Crippen molar-refractivity contribution in [2.24, 2.45) is 12.5 Å². The lowest BCUT2D eigenvalue weighted by molar-refractivity contribution is -0.123. The number of nitrogens with one attached hydrogen (secondary N) is 1. The van der Waals surface area contributed by atoms with E-state index in [2.05, 4.69) is 15.4 Å². The molecule has 5 heteroatoms. The molecule has 2 heterocycles. The number of nitrogens with zero attached hydrogens (tertiary/aromatic N) is 3. The van der Waals surface area contributed by atoms with Gasteiger partial charge in [0.05, 0.1) is 5.69 Å². The molecule has 0 saturated heterocycles. The summed E-state index contributed by atoms with van der Waals surface area (Å²) >= 11 is 0. The van der Waals surface area contributed by atoms with Crippen LogP contribution >= 0.6 is 0 Å². The predicted molar refractivity (Wildman–Crippen MR) is 74.5 cm³/mol. The number of aryl methyl sites for hydroxylation is 1. The number of hydrogen-bond acceptors (Lipinski definition) is 3. The molecule has 5 nitrogen and oxygen atoms in total. The van der Waals surface area contributed by atoms with Crippen molar-refractivity contribution in [2.75, 3.05) is 5.32 Å². The van der Waals surface area contributed by atoms with E-state index in [9.17, 15) is 4.79 Å². The van der Waals surface area contributed by atoms with Crippen molar-refractivity contribution in [3.8, 4) is 11.3 Å². The van der Waals surface area contributed by atoms with Crippen molar-refractivity contribution in [3.63, 3.8) is 0 Å². The summed E-state index contributed by atoms with van der Waals surface area (Å²) in [6, 6.07) is 5.63. The Morgan fingerprint density at radius 1 is 1.26 bits per heavy atom. The van der Waals surface area contributed by atoms with Gasteiger partial charge in [-0.3, -0.25) is 14.5 Å². The second-order valence-corrected chi connectivity index (χ2v) is 5.48. The molecule has 100 valence electrons. The molecule has 19 heavy (non-hydrogen) atoms. The topological polar surface area (TPSA) is 59.8 Å². The first-order valence-electron chi connectivity index (χ1n) is 6.14. The Balaban J connectivity index is 2.25. The minimum absolute atomic E-state index is 0.0308. The SMILES string of the molecule is Cn1nc(-c2ccncc2)cc1NC(=O)C(C)(C)C. The van der Waals surface area contributed by atoms with Gasteiger partial charge in [-0.1, -0.05) is 20.8 Å². The van der Waals surface area contributed by atoms with E-state index in [0.29, 0.717) is 5.82 Å². The molecule has 0 aromatic carbocycles. The zero-order valence-corrected chi connectivity index (χ0v) is 11.6. The number of pyridine rings is 1. The highest BCUT2D eigenvalue weighted by molar-refractivity contribution is 5.94. The Morgan fingerprint density at radius 2 is 1.89 bits per heavy atom. The molecule has 1 N–H and O–H groups in total. The summed E-state index contributed by atoms with van der Waals surface area (Å²) in [5, 5.41) is 7.28. The van der Waals surface area contributed by atoms with E-state index in [4.69, 9.17) is 0 Å². The van der Waals surface area contributed by atoms with Gasteiger partial charge in [0, 0.05) is 36.5 Å². The molecule has 0 aliphatic rings. The first kappa shape index (κ1) is 13.3. The summed E-state index contributed by atoms with van der Waals surface area (Å²) < 4.78 is 1.67. The van der Waals surface area contributed by atoms with E-state index in [1.54, 1.807) is 17.1 Å². The number of anilines is 1. The van der Waals surface area contributed by atoms with Crippen molar-refractivity contribution in [1.82, 2.24) is 14.8 Å². The molecule has 0 fully saturated rings. The van der Waals surface area contributed by atoms with Crippen LogP contribution in [0.5, 0.6) is 0 Å². The van der Waals surface area contributed by atoms with Crippen molar-refractivity contribution >= 4 is 11.7 Å². The normalized spacial score (nSPS) is 11.4. The molecule has 2 aromatic rings. The lowest BCUT2D eigenvalue weighted by Gasteiger charge is -2.17. The summed E-state index contributed by atoms with van der Waals surface area (Å²) in [5.74, 6) is 0.656. The number of rotatable bonds is 2. The number of carbonyl (C=O) groups excluding carboxylic acids is 1. The molecule has 0 aliphatic carbocycles. The van der Waals surface area contributed by atoms with Crippen LogP contribution in [-0.4, -0.2) is 20.7 Å². The fourth-order valence-corrected chi connectivity index (χ4v) is 1.55. The van der Waals surface area contributed by atoms with Gasteiger partial charge in [-0.2, -0.15) is 5.10 Å². The summed E-state index contributed by atoms with van der Waals surface area (Å²) in [5.41, 5.74) is 1.36. The van der Waals surface area contributed by atoms with Crippen LogP contribution in [0, 0.1) is 5.41 Å². The molecule has 0 radical (unpaired) electrons. The van der Waals surface area contributed by atoms with Gasteiger partial charge in [0.25, 0.3) is 0 Å². The monoisotopic (exact) mass is 258 g/mol. The van der Waals surface area contributed by atoms with Gasteiger partial charge in [-0.25, -0.2) is 0 Å². The largest absolute Gasteiger partial charge is 0.310 e. The third kappa shape index (κ3) is 2.99. The highest BCUT2D eigenvalue weighted by atomic mass is 16.2. The maximum atomic E-state index is 12.0. The molecular formula is C14H18N4O. The van der Waals surface area contributed by atoms with Crippen LogP contribution in [0.4, 0.5) is 5.82 Å². The molecule has 0 unspecified atom stereocenters. The second-order valence-electron chi connectivity index (χ2n) is 5.48. The lowest BCUT2D eigenvalue weighted by Crippen LogP contribution is -2.28. The molecular weight excluding hydrogens is 240 g/mol. The maximum Gasteiger partial charge on any atom is 0.230 e. The van der Waals surface area contributed by atoms with Gasteiger partial charge in [0.1, 0.15) is 5.82 Å². The molecule has 0 aliphatic heterocycles. The Kier molecular flexibility index (Phi) is 3.38. The van der Waals surface area contributed by atoms with Crippen LogP contribution in [0.2, 0.25) is 0 Å². The van der Waals surface area contributed by atoms with Crippen LogP contribution in [0.25, 0.3) is 11.3 Å². The van der Waals surface area contributed by atoms with Crippen LogP contribution in [-0.2, 0) is 11.8 Å². The van der Waals surface area contributed by atoms with E-state index < -0.39 is 5.41 Å². The summed E-state index contributed by atoms with van der Waals surface area (Å²) in [7, 11) is 1.81. The van der Waals surface area contributed by atoms with Gasteiger partial charge < -0.3 is 5.32 Å². The quantitative estimate of drug-likeness (QED) is 0.900. The first-order chi connectivity index (χ1) is 8.88. The molecule has 1 amide bonds. The standard InChI is InChI=1S/C14H18N4O/c1-14(2,3)13(19)16-12-9-11(17-18(12)4)10-5-7-15-8-6-10/h5-9H,1-4H3,(H,16,19). The first-order valence-corrected chi connectivity index (χ1v) is 6.14. The van der Waals surface area contributed by atoms with E-state index in [1.165, 1.54) is 0 Å². The Labute approximate surface area is 112 Å². The van der Waals surface area contributed by atoms with E-state index in [-0.39, 0.29) is 5.91 Å². The maximum absolute atomic E-state index is 12.0. The fraction of sp³-hybridized carbons (Fsp3) is 0.357. The molecule has 2 rings (SSSR count). The van der Waals surface area contributed by atoms with Crippen LogP contribution in [0.3, 0.4) is 0 Å². The van der Waals surface area contributed by atoms with Crippen molar-refractivity contribution in [3.05, 3.63) is 30.6 Å². The third-order valence-corrected chi connectivity index (χ3v) is 2.78. The Hall–Kier alpha value is -2.17. The average molecular weight is 258 g/mol. The molecule has 0 spiro atoms. The molecule has 0 bridgehead atoms. The van der Waals surface area contributed by atoms with Gasteiger partial charge in [-0.05, 0) is 12.1 Å². The zero-order chi connectivity index (χ0) is 14.0. The highest BCUT2D eigenvalue weighted by Crippen LogP contribution is 2.22. The Morgan fingerprint density at radius 3 is 2.47 bits per heavy atom. The Bertz CT molecular complexity index is 581. The van der Waals surface area contributed by atoms with E-state index in [0.717, 1.165) is 11.3 Å². The number of aromatic nitrogens is 3. The molecule has 0 saturated carbocycles. The summed E-state index contributed by atoms with van der Waals surface area (Å²) in [6.45, 7) is 5.63. The minimum atomic E-state index is -0.429. The van der Waals surface area contributed by atoms with Crippen LogP contribution < -0.4 is 5.32 Å². The number of carbonyl (C=O) groups is 1. The summed E-state index contributed by atoms with van der Waals surface area (Å²) in [6.07, 6.45) is 3.44. The molecule has 2 aromatic heterocycles. The average Bonchev–Trinajstić information content (AvgIpc) is 2.71. The van der Waals surface area contributed by atoms with Gasteiger partial charge in [0.15, 0.2) is 0 Å². The van der Waals surface area contributed by atoms with Crippen molar-refractivity contribution < 1.29 is 4.79 Å². The lowest BCUT2D eigenvalue weighted by atomic mass is 9.96. The van der Waals surface area contributed by atoms with Gasteiger partial charge in [-0.15, -0.1) is 0 Å². The zero-order valence-electron chi connectivity index (χ0n) is 11.6. The van der Waals surface area contributed by atoms with E-state index >= 15 is 0 Å². The fourth-order valence-electron chi connectivity index (χ4n) is 1.55. The number of hydrogen-bond donors (Lipinski definition) is 1. The van der Waals surface area contributed by atoms with E-state index in [1.807, 2.05) is 46.0 Å². The second kappa shape index (κ2) is 4.84. The van der Waals surface area contributed by atoms with Crippen molar-refractivity contribution in [1.29, 1.82) is 0 Å². The van der Waals surface area contributed by atoms with Crippen molar-refractivity contribution in [2.45, 2.75) is 20.8 Å². The van der Waals surface area contributed by atoms with Crippen LogP contribution in [0.15, 0.2) is 30.6 Å². The predicted octanol–water partition coefficient (Wildman–Crippen LogP) is 2.47.